The third kappa shape index (κ3) is 3.58. The van der Waals surface area contributed by atoms with Gasteiger partial charge in [-0.05, 0) is 48.5 Å². The van der Waals surface area contributed by atoms with Gasteiger partial charge in [0.1, 0.15) is 11.5 Å². The molecule has 3 aromatic carbocycles. The Bertz CT molecular complexity index is 1170. The molecule has 1 aliphatic rings. The van der Waals surface area contributed by atoms with E-state index in [9.17, 15) is 14.4 Å². The zero-order valence-electron chi connectivity index (χ0n) is 17.9. The lowest BCUT2D eigenvalue weighted by molar-refractivity contribution is -0.129. The number of benzene rings is 3. The van der Waals surface area contributed by atoms with Gasteiger partial charge in [0.25, 0.3) is 5.91 Å². The lowest BCUT2D eigenvalue weighted by Crippen LogP contribution is -2.50. The fourth-order valence-corrected chi connectivity index (χ4v) is 3.74. The number of hydrogen-bond donors (Lipinski definition) is 0. The van der Waals surface area contributed by atoms with E-state index in [0.717, 1.165) is 0 Å². The van der Waals surface area contributed by atoms with E-state index in [2.05, 4.69) is 0 Å². The van der Waals surface area contributed by atoms with Crippen LogP contribution in [0.5, 0.6) is 11.5 Å². The summed E-state index contributed by atoms with van der Waals surface area (Å²) in [7, 11) is 4.61. The van der Waals surface area contributed by atoms with Crippen molar-refractivity contribution < 1.29 is 23.9 Å². The van der Waals surface area contributed by atoms with Crippen molar-refractivity contribution >= 4 is 34.7 Å². The molecule has 1 aliphatic heterocycles. The summed E-state index contributed by atoms with van der Waals surface area (Å²) in [6.07, 6.45) is 0. The van der Waals surface area contributed by atoms with E-state index in [4.69, 9.17) is 9.47 Å². The molecule has 32 heavy (non-hydrogen) atoms. The van der Waals surface area contributed by atoms with Crippen molar-refractivity contribution in [1.29, 1.82) is 0 Å². The number of carbonyl (C=O) groups is 3. The molecule has 1 heterocycles. The van der Waals surface area contributed by atoms with Crippen LogP contribution in [0.1, 0.15) is 10.4 Å². The Labute approximate surface area is 185 Å². The monoisotopic (exact) mass is 430 g/mol. The zero-order chi connectivity index (χ0) is 22.8. The highest BCUT2D eigenvalue weighted by molar-refractivity contribution is 6.34. The second kappa shape index (κ2) is 8.55. The van der Waals surface area contributed by atoms with E-state index < -0.39 is 23.5 Å². The van der Waals surface area contributed by atoms with E-state index >= 15 is 0 Å². The second-order valence-electron chi connectivity index (χ2n) is 7.28. The summed E-state index contributed by atoms with van der Waals surface area (Å²) in [5.74, 6) is -2.13. The minimum atomic E-state index is -1.50. The fraction of sp³-hybridized carbons (Fsp3) is 0.160. The van der Waals surface area contributed by atoms with Gasteiger partial charge >= 0.3 is 0 Å². The molecule has 0 saturated carbocycles. The summed E-state index contributed by atoms with van der Waals surface area (Å²) in [6.45, 7) is 0. The van der Waals surface area contributed by atoms with Crippen LogP contribution >= 0.6 is 0 Å². The quantitative estimate of drug-likeness (QED) is 0.575. The largest absolute Gasteiger partial charge is 0.497 e. The minimum Gasteiger partial charge on any atom is -0.497 e. The maximum absolute atomic E-state index is 13.6. The fourth-order valence-electron chi connectivity index (χ4n) is 3.74. The van der Waals surface area contributed by atoms with Crippen molar-refractivity contribution in [3.8, 4) is 11.5 Å². The molecule has 1 atom stereocenters. The summed E-state index contributed by atoms with van der Waals surface area (Å²) in [5.41, 5.74) is 1.75. The molecule has 7 nitrogen and oxygen atoms in total. The maximum atomic E-state index is 13.6. The number of nitrogens with zero attached hydrogens (tertiary/aromatic N) is 2. The summed E-state index contributed by atoms with van der Waals surface area (Å²) < 4.78 is 10.5. The molecule has 7 heteroatoms. The molecule has 0 saturated heterocycles. The van der Waals surface area contributed by atoms with Crippen LogP contribution in [-0.4, -0.2) is 38.9 Å². The number of amides is 2. The van der Waals surface area contributed by atoms with Crippen molar-refractivity contribution in [3.05, 3.63) is 78.4 Å². The molecule has 0 radical (unpaired) electrons. The summed E-state index contributed by atoms with van der Waals surface area (Å²) in [4.78, 5) is 43.0. The van der Waals surface area contributed by atoms with Crippen molar-refractivity contribution in [2.75, 3.05) is 31.1 Å². The van der Waals surface area contributed by atoms with E-state index in [1.807, 2.05) is 6.07 Å². The van der Waals surface area contributed by atoms with Gasteiger partial charge in [0.05, 0.1) is 19.9 Å². The Morgan fingerprint density at radius 3 is 2.12 bits per heavy atom. The van der Waals surface area contributed by atoms with E-state index in [1.165, 1.54) is 16.9 Å². The van der Waals surface area contributed by atoms with Gasteiger partial charge in [-0.15, -0.1) is 0 Å². The molecule has 0 fully saturated rings. The first-order valence-electron chi connectivity index (χ1n) is 9.99. The van der Waals surface area contributed by atoms with Crippen LogP contribution < -0.4 is 19.3 Å². The molecule has 3 aromatic rings. The van der Waals surface area contributed by atoms with E-state index in [1.54, 1.807) is 80.9 Å². The highest BCUT2D eigenvalue weighted by Crippen LogP contribution is 2.39. The SMILES string of the molecule is COc1ccc(N2C(=O)C(C(=O)N(C)c3ccccc3)C(=O)c3ccc(OC)cc32)cc1. The zero-order valence-corrected chi connectivity index (χ0v) is 17.9. The van der Waals surface area contributed by atoms with Gasteiger partial charge in [0, 0.05) is 30.1 Å². The normalized spacial score (nSPS) is 15.2. The van der Waals surface area contributed by atoms with Gasteiger partial charge in [-0.3, -0.25) is 19.3 Å². The Morgan fingerprint density at radius 1 is 0.875 bits per heavy atom. The van der Waals surface area contributed by atoms with Crippen LogP contribution in [0, 0.1) is 5.92 Å². The number of anilines is 3. The van der Waals surface area contributed by atoms with Gasteiger partial charge < -0.3 is 14.4 Å². The van der Waals surface area contributed by atoms with Crippen LogP contribution in [-0.2, 0) is 9.59 Å². The molecule has 0 spiro atoms. The lowest BCUT2D eigenvalue weighted by atomic mass is 9.88. The van der Waals surface area contributed by atoms with Crippen LogP contribution in [0.2, 0.25) is 0 Å². The Kier molecular flexibility index (Phi) is 5.64. The average Bonchev–Trinajstić information content (AvgIpc) is 2.84. The van der Waals surface area contributed by atoms with Gasteiger partial charge in [-0.25, -0.2) is 0 Å². The minimum absolute atomic E-state index is 0.279. The highest BCUT2D eigenvalue weighted by Gasteiger charge is 2.46. The first-order valence-corrected chi connectivity index (χ1v) is 9.99. The summed E-state index contributed by atoms with van der Waals surface area (Å²) in [5, 5.41) is 0. The summed E-state index contributed by atoms with van der Waals surface area (Å²) >= 11 is 0. The molecular weight excluding hydrogens is 408 g/mol. The molecule has 1 unspecified atom stereocenters. The number of hydrogen-bond acceptors (Lipinski definition) is 5. The van der Waals surface area contributed by atoms with Crippen molar-refractivity contribution in [2.24, 2.45) is 5.92 Å². The predicted octanol–water partition coefficient (Wildman–Crippen LogP) is 3.84. The Morgan fingerprint density at radius 2 is 1.50 bits per heavy atom. The number of carbonyl (C=O) groups excluding carboxylic acids is 3. The van der Waals surface area contributed by atoms with Crippen molar-refractivity contribution in [1.82, 2.24) is 0 Å². The smallest absolute Gasteiger partial charge is 0.252 e. The number of fused-ring (bicyclic) bond motifs is 1. The molecule has 4 rings (SSSR count). The number of ether oxygens (including phenoxy) is 2. The van der Waals surface area contributed by atoms with Crippen LogP contribution in [0.4, 0.5) is 17.1 Å². The molecular formula is C25H22N2O5. The molecule has 0 aromatic heterocycles. The summed E-state index contributed by atoms with van der Waals surface area (Å²) in [6, 6.07) is 20.6. The molecule has 0 bridgehead atoms. The lowest BCUT2D eigenvalue weighted by Gasteiger charge is -2.34. The molecule has 162 valence electrons. The highest BCUT2D eigenvalue weighted by atomic mass is 16.5. The van der Waals surface area contributed by atoms with Crippen molar-refractivity contribution in [2.45, 2.75) is 0 Å². The Balaban J connectivity index is 1.82. The topological polar surface area (TPSA) is 76.2 Å². The number of para-hydroxylation sites is 1. The first-order chi connectivity index (χ1) is 15.5. The van der Waals surface area contributed by atoms with Gasteiger partial charge in [-0.1, -0.05) is 18.2 Å². The number of Topliss-reactive ketones (excluding diaryl/α,β-unsaturated/α-hetero) is 1. The van der Waals surface area contributed by atoms with Gasteiger partial charge in [0.15, 0.2) is 11.7 Å². The van der Waals surface area contributed by atoms with Gasteiger partial charge in [-0.2, -0.15) is 0 Å². The number of rotatable bonds is 5. The van der Waals surface area contributed by atoms with Crippen LogP contribution in [0.15, 0.2) is 72.8 Å². The van der Waals surface area contributed by atoms with Crippen LogP contribution in [0.25, 0.3) is 0 Å². The predicted molar refractivity (Wildman–Crippen MR) is 121 cm³/mol. The molecule has 2 amide bonds. The van der Waals surface area contributed by atoms with Crippen molar-refractivity contribution in [3.63, 3.8) is 0 Å². The molecule has 0 aliphatic carbocycles. The number of methoxy groups -OCH3 is 2. The van der Waals surface area contributed by atoms with E-state index in [0.29, 0.717) is 28.6 Å². The molecule has 0 N–H and O–H groups in total. The second-order valence-corrected chi connectivity index (χ2v) is 7.28. The number of ketones is 1. The standard InChI is InChI=1S/C25H22N2O5/c1-26(16-7-5-4-6-8-16)24(29)22-23(28)20-14-13-19(32-3)15-21(20)27(25(22)30)17-9-11-18(31-2)12-10-17/h4-15,22H,1-3H3. The third-order valence-corrected chi connectivity index (χ3v) is 5.49. The van der Waals surface area contributed by atoms with Crippen LogP contribution in [0.3, 0.4) is 0 Å². The Hall–Kier alpha value is -4.13. The van der Waals surface area contributed by atoms with E-state index in [-0.39, 0.29) is 5.56 Å². The third-order valence-electron chi connectivity index (χ3n) is 5.49. The average molecular weight is 430 g/mol. The first kappa shape index (κ1) is 21.1. The van der Waals surface area contributed by atoms with Gasteiger partial charge in [0.2, 0.25) is 5.91 Å². The maximum Gasteiger partial charge on any atom is 0.252 e.